The fourth-order valence-electron chi connectivity index (χ4n) is 1.84. The van der Waals surface area contributed by atoms with Crippen molar-refractivity contribution in [2.24, 2.45) is 11.8 Å². The summed E-state index contributed by atoms with van der Waals surface area (Å²) in [4.78, 5) is 12.6. The molecule has 0 saturated carbocycles. The van der Waals surface area contributed by atoms with E-state index in [2.05, 4.69) is 10.6 Å². The maximum absolute atomic E-state index is 11.8. The lowest BCUT2D eigenvalue weighted by Crippen LogP contribution is -2.49. The fourth-order valence-corrected chi connectivity index (χ4v) is 2.89. The first-order chi connectivity index (χ1) is 8.58. The summed E-state index contributed by atoms with van der Waals surface area (Å²) in [6.45, 7) is 3.96. The highest BCUT2D eigenvalue weighted by molar-refractivity contribution is 7.16. The third-order valence-electron chi connectivity index (χ3n) is 3.33. The minimum absolute atomic E-state index is 0. The topological polar surface area (TPSA) is 61.4 Å². The van der Waals surface area contributed by atoms with Crippen LogP contribution in [-0.2, 0) is 4.79 Å². The number of rotatable bonds is 5. The highest BCUT2D eigenvalue weighted by Gasteiger charge is 2.28. The zero-order valence-corrected chi connectivity index (χ0v) is 12.9. The van der Waals surface area contributed by atoms with Crippen molar-refractivity contribution in [3.63, 3.8) is 0 Å². The van der Waals surface area contributed by atoms with E-state index in [-0.39, 0.29) is 30.8 Å². The molecule has 0 bridgehead atoms. The Kier molecular flexibility index (Phi) is 6.56. The molecule has 1 amide bonds. The zero-order valence-electron chi connectivity index (χ0n) is 10.6. The standard InChI is InChI=1S/C12H17ClN2O2S.ClH/c1-7(8-4-14-5-8)12(17)15-6-9(16)10-2-3-11(13)18-10;/h2-3,7-9,14,16H,4-6H2,1H3,(H,15,17);1H. The SMILES string of the molecule is CC(C(=O)NCC(O)c1ccc(Cl)s1)C1CNC1.Cl. The Bertz CT molecular complexity index is 424. The Balaban J connectivity index is 0.00000180. The molecule has 2 rings (SSSR count). The number of aliphatic hydroxyl groups excluding tert-OH is 1. The molecule has 19 heavy (non-hydrogen) atoms. The van der Waals surface area contributed by atoms with Gasteiger partial charge in [-0.25, -0.2) is 0 Å². The van der Waals surface area contributed by atoms with E-state index in [9.17, 15) is 9.90 Å². The number of amides is 1. The van der Waals surface area contributed by atoms with Gasteiger partial charge in [-0.05, 0) is 31.1 Å². The summed E-state index contributed by atoms with van der Waals surface area (Å²) in [5, 5.41) is 15.8. The lowest BCUT2D eigenvalue weighted by Gasteiger charge is -2.31. The molecule has 4 nitrogen and oxygen atoms in total. The van der Waals surface area contributed by atoms with E-state index < -0.39 is 6.10 Å². The van der Waals surface area contributed by atoms with E-state index in [1.54, 1.807) is 12.1 Å². The van der Waals surface area contributed by atoms with Gasteiger partial charge in [0.25, 0.3) is 0 Å². The van der Waals surface area contributed by atoms with Gasteiger partial charge in [-0.15, -0.1) is 23.7 Å². The molecule has 2 unspecified atom stereocenters. The van der Waals surface area contributed by atoms with Crippen LogP contribution in [0.4, 0.5) is 0 Å². The molecule has 1 aliphatic rings. The van der Waals surface area contributed by atoms with Gasteiger partial charge in [0.15, 0.2) is 0 Å². The zero-order chi connectivity index (χ0) is 13.1. The summed E-state index contributed by atoms with van der Waals surface area (Å²) >= 11 is 7.13. The van der Waals surface area contributed by atoms with E-state index in [0.717, 1.165) is 18.0 Å². The van der Waals surface area contributed by atoms with Crippen molar-refractivity contribution in [2.75, 3.05) is 19.6 Å². The number of hydrogen-bond donors (Lipinski definition) is 3. The third kappa shape index (κ3) is 4.33. The van der Waals surface area contributed by atoms with E-state index in [4.69, 9.17) is 11.6 Å². The molecule has 0 radical (unpaired) electrons. The van der Waals surface area contributed by atoms with Gasteiger partial charge in [-0.1, -0.05) is 18.5 Å². The number of halogens is 2. The molecule has 0 aliphatic carbocycles. The molecule has 3 N–H and O–H groups in total. The first-order valence-electron chi connectivity index (χ1n) is 5.99. The van der Waals surface area contributed by atoms with Crippen LogP contribution in [0.2, 0.25) is 4.34 Å². The predicted octanol–water partition coefficient (Wildman–Crippen LogP) is 1.83. The number of carbonyl (C=O) groups is 1. The number of aliphatic hydroxyl groups is 1. The maximum atomic E-state index is 11.8. The van der Waals surface area contributed by atoms with Crippen LogP contribution in [0.3, 0.4) is 0 Å². The van der Waals surface area contributed by atoms with Gasteiger partial charge in [0.2, 0.25) is 5.91 Å². The second-order valence-corrected chi connectivity index (χ2v) is 6.36. The van der Waals surface area contributed by atoms with Crippen molar-refractivity contribution in [1.82, 2.24) is 10.6 Å². The number of hydrogen-bond acceptors (Lipinski definition) is 4. The van der Waals surface area contributed by atoms with Gasteiger partial charge in [-0.3, -0.25) is 4.79 Å². The Hall–Kier alpha value is -0.330. The van der Waals surface area contributed by atoms with Gasteiger partial charge >= 0.3 is 0 Å². The summed E-state index contributed by atoms with van der Waals surface area (Å²) in [6.07, 6.45) is -0.682. The first-order valence-corrected chi connectivity index (χ1v) is 7.19. The molecule has 2 atom stereocenters. The summed E-state index contributed by atoms with van der Waals surface area (Å²) in [5.41, 5.74) is 0. The Morgan fingerprint density at radius 1 is 1.63 bits per heavy atom. The van der Waals surface area contributed by atoms with Crippen LogP contribution in [0.1, 0.15) is 17.9 Å². The van der Waals surface area contributed by atoms with Crippen molar-refractivity contribution in [2.45, 2.75) is 13.0 Å². The second-order valence-electron chi connectivity index (χ2n) is 4.61. The Morgan fingerprint density at radius 2 is 2.32 bits per heavy atom. The molecule has 1 aromatic heterocycles. The van der Waals surface area contributed by atoms with Gasteiger partial charge in [0.05, 0.1) is 4.34 Å². The van der Waals surface area contributed by atoms with Gasteiger partial charge < -0.3 is 15.7 Å². The second kappa shape index (κ2) is 7.45. The van der Waals surface area contributed by atoms with Crippen LogP contribution in [0, 0.1) is 11.8 Å². The molecule has 2 heterocycles. The molecule has 1 aliphatic heterocycles. The average molecular weight is 325 g/mol. The molecule has 1 aromatic rings. The normalized spacial score (nSPS) is 18.1. The largest absolute Gasteiger partial charge is 0.386 e. The van der Waals surface area contributed by atoms with Crippen molar-refractivity contribution >= 4 is 41.3 Å². The summed E-state index contributed by atoms with van der Waals surface area (Å²) in [5.74, 6) is 0.409. The van der Waals surface area contributed by atoms with Crippen LogP contribution < -0.4 is 10.6 Å². The lowest BCUT2D eigenvalue weighted by molar-refractivity contribution is -0.127. The minimum Gasteiger partial charge on any atom is -0.386 e. The number of nitrogens with one attached hydrogen (secondary N) is 2. The minimum atomic E-state index is -0.682. The molecule has 108 valence electrons. The van der Waals surface area contributed by atoms with Crippen LogP contribution in [0.5, 0.6) is 0 Å². The van der Waals surface area contributed by atoms with Crippen LogP contribution >= 0.6 is 35.3 Å². The van der Waals surface area contributed by atoms with Gasteiger partial charge in [0, 0.05) is 17.3 Å². The molecule has 1 fully saturated rings. The quantitative estimate of drug-likeness (QED) is 0.774. The van der Waals surface area contributed by atoms with Crippen molar-refractivity contribution < 1.29 is 9.90 Å². The number of carbonyl (C=O) groups excluding carboxylic acids is 1. The highest BCUT2D eigenvalue weighted by Crippen LogP contribution is 2.26. The fraction of sp³-hybridized carbons (Fsp3) is 0.583. The molecule has 7 heteroatoms. The Morgan fingerprint density at radius 3 is 2.79 bits per heavy atom. The van der Waals surface area contributed by atoms with Gasteiger partial charge in [0.1, 0.15) is 6.10 Å². The average Bonchev–Trinajstić information content (AvgIpc) is 2.69. The van der Waals surface area contributed by atoms with Crippen molar-refractivity contribution in [1.29, 1.82) is 0 Å². The van der Waals surface area contributed by atoms with Crippen LogP contribution in [-0.4, -0.2) is 30.6 Å². The molecular formula is C12H18Cl2N2O2S. The number of thiophene rings is 1. The molecule has 1 saturated heterocycles. The highest BCUT2D eigenvalue weighted by atomic mass is 35.5. The third-order valence-corrected chi connectivity index (χ3v) is 4.66. The molecular weight excluding hydrogens is 307 g/mol. The molecule has 0 aromatic carbocycles. The summed E-state index contributed by atoms with van der Waals surface area (Å²) in [7, 11) is 0. The van der Waals surface area contributed by atoms with E-state index >= 15 is 0 Å². The Labute approximate surface area is 127 Å². The summed E-state index contributed by atoms with van der Waals surface area (Å²) < 4.78 is 0.643. The monoisotopic (exact) mass is 324 g/mol. The van der Waals surface area contributed by atoms with E-state index in [0.29, 0.717) is 10.3 Å². The van der Waals surface area contributed by atoms with Gasteiger partial charge in [-0.2, -0.15) is 0 Å². The maximum Gasteiger partial charge on any atom is 0.223 e. The van der Waals surface area contributed by atoms with Crippen molar-refractivity contribution in [3.8, 4) is 0 Å². The van der Waals surface area contributed by atoms with Crippen LogP contribution in [0.25, 0.3) is 0 Å². The first kappa shape index (κ1) is 16.7. The van der Waals surface area contributed by atoms with E-state index in [1.165, 1.54) is 11.3 Å². The lowest BCUT2D eigenvalue weighted by atomic mass is 9.88. The summed E-state index contributed by atoms with van der Waals surface area (Å²) in [6, 6.07) is 3.53. The van der Waals surface area contributed by atoms with Crippen LogP contribution in [0.15, 0.2) is 12.1 Å². The van der Waals surface area contributed by atoms with E-state index in [1.807, 2.05) is 6.92 Å². The van der Waals surface area contributed by atoms with Crippen molar-refractivity contribution in [3.05, 3.63) is 21.3 Å². The predicted molar refractivity (Wildman–Crippen MR) is 80.1 cm³/mol. The molecule has 0 spiro atoms. The smallest absolute Gasteiger partial charge is 0.223 e.